The number of carbonyl (C=O) groups is 1. The summed E-state index contributed by atoms with van der Waals surface area (Å²) in [4.78, 5) is 17.4. The molecular weight excluding hydrogens is 465 g/mol. The number of likely N-dealkylation sites (N-methyl/N-ethyl adjacent to an activating group) is 1. The van der Waals surface area contributed by atoms with Gasteiger partial charge in [-0.25, -0.2) is 9.37 Å². The normalized spacial score (nSPS) is 33.4. The highest BCUT2D eigenvalue weighted by atomic mass is 35.5. The zero-order valence-corrected chi connectivity index (χ0v) is 17.6. The van der Waals surface area contributed by atoms with E-state index in [1.807, 2.05) is 4.72 Å². The zero-order chi connectivity index (χ0) is 30.1. The van der Waals surface area contributed by atoms with Crippen LogP contribution in [0.2, 0.25) is 5.02 Å². The van der Waals surface area contributed by atoms with Gasteiger partial charge in [-0.1, -0.05) is 11.6 Å². The molecule has 0 aliphatic carbocycles. The van der Waals surface area contributed by atoms with Crippen molar-refractivity contribution >= 4 is 44.7 Å². The van der Waals surface area contributed by atoms with Crippen LogP contribution in [0, 0.1) is 5.82 Å². The third kappa shape index (κ3) is 4.51. The fourth-order valence-electron chi connectivity index (χ4n) is 2.66. The molecule has 8 nitrogen and oxygen atoms in total. The van der Waals surface area contributed by atoms with Gasteiger partial charge in [-0.05, 0) is 36.7 Å². The fourth-order valence-corrected chi connectivity index (χ4v) is 4.77. The molecule has 164 valence electrons. The van der Waals surface area contributed by atoms with E-state index >= 15 is 0 Å². The molecule has 1 amide bonds. The molecule has 2 aromatic heterocycles. The SMILES string of the molecule is [2H]C1C([2H])(c2ccc(-c3cn(C([2H])([2H])[2H])cn3)s2)NS(=O)(=O)N(C([2H])([2H])[2H])C1([2H])C(=O)Nc1ccc(F)c(Cl)c1. The van der Waals surface area contributed by atoms with Gasteiger partial charge in [-0.15, -0.1) is 11.3 Å². The van der Waals surface area contributed by atoms with E-state index in [0.29, 0.717) is 0 Å². The molecule has 3 aromatic rings. The number of amides is 1. The monoisotopic (exact) mass is 492 g/mol. The van der Waals surface area contributed by atoms with Crippen LogP contribution in [-0.2, 0) is 22.0 Å². The lowest BCUT2D eigenvalue weighted by atomic mass is 10.1. The first-order valence-electron chi connectivity index (χ1n) is 13.0. The van der Waals surface area contributed by atoms with Gasteiger partial charge >= 0.3 is 0 Å². The minimum absolute atomic E-state index is 0.142. The number of hydrogen-bond acceptors (Lipinski definition) is 5. The van der Waals surface area contributed by atoms with Crippen LogP contribution < -0.4 is 10.0 Å². The molecule has 3 unspecified atom stereocenters. The van der Waals surface area contributed by atoms with E-state index in [2.05, 4.69) is 10.3 Å². The Hall–Kier alpha value is -2.31. The smallest absolute Gasteiger partial charge is 0.280 e. The number of aryl methyl sites for hydroxylation is 1. The van der Waals surface area contributed by atoms with Crippen molar-refractivity contribution in [2.75, 3.05) is 12.3 Å². The van der Waals surface area contributed by atoms with E-state index in [1.54, 1.807) is 0 Å². The van der Waals surface area contributed by atoms with Gasteiger partial charge in [0.1, 0.15) is 11.8 Å². The van der Waals surface area contributed by atoms with Gasteiger partial charge in [0.15, 0.2) is 0 Å². The summed E-state index contributed by atoms with van der Waals surface area (Å²) in [5.41, 5.74) is -0.0844. The molecule has 4 rings (SSSR count). The topological polar surface area (TPSA) is 96.3 Å². The van der Waals surface area contributed by atoms with Crippen molar-refractivity contribution in [1.29, 1.82) is 0 Å². The Labute approximate surface area is 200 Å². The standard InChI is InChI=1S/C19H19ClFN5O3S2/c1-25-9-15(22-10-25)18-6-5-17(30-18)14-8-16(26(2)31(28,29)24-14)19(27)23-11-3-4-13(21)12(20)7-11/h3-7,9-10,14,16,24H,8H2,1-2H3,(H,23,27)/i1D3,2D3,8D,14D,16D. The Morgan fingerprint density at radius 2 is 2.29 bits per heavy atom. The van der Waals surface area contributed by atoms with Crippen LogP contribution in [-0.4, -0.2) is 41.2 Å². The summed E-state index contributed by atoms with van der Waals surface area (Å²) in [7, 11) is -5.31. The van der Waals surface area contributed by atoms with Crippen molar-refractivity contribution in [2.45, 2.75) is 18.4 Å². The predicted octanol–water partition coefficient (Wildman–Crippen LogP) is 3.16. The number of nitrogens with zero attached hydrogens (tertiary/aromatic N) is 3. The number of hydrogen-bond donors (Lipinski definition) is 2. The molecule has 0 radical (unpaired) electrons. The summed E-state index contributed by atoms with van der Waals surface area (Å²) < 4.78 is 114. The Bertz CT molecular complexity index is 1580. The van der Waals surface area contributed by atoms with Crippen LogP contribution in [0.25, 0.3) is 10.6 Å². The molecule has 3 atom stereocenters. The van der Waals surface area contributed by atoms with Crippen LogP contribution >= 0.6 is 22.9 Å². The molecule has 1 aromatic carbocycles. The molecule has 3 heterocycles. The van der Waals surface area contributed by atoms with Gasteiger partial charge in [0.2, 0.25) is 5.91 Å². The van der Waals surface area contributed by atoms with Crippen molar-refractivity contribution < 1.29 is 29.9 Å². The van der Waals surface area contributed by atoms with Gasteiger partial charge < -0.3 is 9.88 Å². The number of halogens is 2. The molecule has 1 saturated heterocycles. The fraction of sp³-hybridized carbons (Fsp3) is 0.263. The first kappa shape index (κ1) is 13.3. The largest absolute Gasteiger partial charge is 0.340 e. The van der Waals surface area contributed by atoms with E-state index in [9.17, 15) is 17.6 Å². The van der Waals surface area contributed by atoms with Gasteiger partial charge in [-0.3, -0.25) is 4.79 Å². The summed E-state index contributed by atoms with van der Waals surface area (Å²) in [5, 5.41) is 1.66. The second-order valence-corrected chi connectivity index (χ2v) is 9.24. The van der Waals surface area contributed by atoms with E-state index in [-0.39, 0.29) is 21.1 Å². The van der Waals surface area contributed by atoms with E-state index in [0.717, 1.165) is 40.4 Å². The van der Waals surface area contributed by atoms with Crippen LogP contribution in [0.4, 0.5) is 10.1 Å². The first-order chi connectivity index (χ1) is 18.2. The first-order valence-corrected chi connectivity index (χ1v) is 11.0. The van der Waals surface area contributed by atoms with Crippen molar-refractivity contribution in [3.05, 3.63) is 58.6 Å². The Morgan fingerprint density at radius 1 is 1.45 bits per heavy atom. The number of rotatable bonds is 4. The molecule has 1 aliphatic heterocycles. The van der Waals surface area contributed by atoms with Gasteiger partial charge in [-0.2, -0.15) is 17.4 Å². The summed E-state index contributed by atoms with van der Waals surface area (Å²) in [6.07, 6.45) is -0.190. The second kappa shape index (κ2) is 8.32. The molecule has 1 fully saturated rings. The lowest BCUT2D eigenvalue weighted by molar-refractivity contribution is -0.120. The van der Waals surface area contributed by atoms with Crippen LogP contribution in [0.3, 0.4) is 0 Å². The Morgan fingerprint density at radius 3 is 3.00 bits per heavy atom. The summed E-state index contributed by atoms with van der Waals surface area (Å²) >= 11 is 6.44. The van der Waals surface area contributed by atoms with Crippen molar-refractivity contribution in [2.24, 2.45) is 6.98 Å². The molecule has 1 aliphatic rings. The van der Waals surface area contributed by atoms with Gasteiger partial charge in [0.25, 0.3) is 10.2 Å². The average Bonchev–Trinajstić information content (AvgIpc) is 3.48. The maximum absolute atomic E-state index is 13.6. The number of carbonyl (C=O) groups excluding carboxylic acids is 1. The highest BCUT2D eigenvalue weighted by molar-refractivity contribution is 7.87. The van der Waals surface area contributed by atoms with Crippen molar-refractivity contribution in [3.63, 3.8) is 0 Å². The van der Waals surface area contributed by atoms with E-state index < -0.39 is 63.6 Å². The molecule has 0 spiro atoms. The van der Waals surface area contributed by atoms with Gasteiger partial charge in [0.05, 0.1) is 30.7 Å². The minimum atomic E-state index is -5.31. The van der Waals surface area contributed by atoms with Crippen LogP contribution in [0.5, 0.6) is 0 Å². The molecular formula is C19H19ClFN5O3S2. The van der Waals surface area contributed by atoms with E-state index in [4.69, 9.17) is 23.9 Å². The van der Waals surface area contributed by atoms with Crippen LogP contribution in [0.15, 0.2) is 42.9 Å². The predicted molar refractivity (Wildman–Crippen MR) is 118 cm³/mol. The molecule has 0 saturated carbocycles. The zero-order valence-electron chi connectivity index (χ0n) is 24.3. The molecule has 2 N–H and O–H groups in total. The van der Waals surface area contributed by atoms with Crippen molar-refractivity contribution in [1.82, 2.24) is 18.6 Å². The number of benzene rings is 1. The quantitative estimate of drug-likeness (QED) is 0.584. The van der Waals surface area contributed by atoms with Gasteiger partial charge in [0, 0.05) is 40.3 Å². The maximum atomic E-state index is 13.6. The van der Waals surface area contributed by atoms with Crippen molar-refractivity contribution in [3.8, 4) is 10.6 Å². The lowest BCUT2D eigenvalue weighted by Crippen LogP contribution is -2.55. The third-order valence-electron chi connectivity index (χ3n) is 4.10. The summed E-state index contributed by atoms with van der Waals surface area (Å²) in [6, 6.07) is -0.817. The summed E-state index contributed by atoms with van der Waals surface area (Å²) in [6.45, 7) is -6.17. The van der Waals surface area contributed by atoms with Crippen LogP contribution in [0.1, 0.15) is 29.6 Å². The molecule has 31 heavy (non-hydrogen) atoms. The Kier molecular flexibility index (Phi) is 3.57. The number of nitrogens with one attached hydrogen (secondary N) is 2. The average molecular weight is 493 g/mol. The number of aromatic nitrogens is 2. The Balaban J connectivity index is 1.80. The number of thiophene rings is 1. The van der Waals surface area contributed by atoms with E-state index in [1.165, 1.54) is 18.3 Å². The molecule has 0 bridgehead atoms. The minimum Gasteiger partial charge on any atom is -0.340 e. The highest BCUT2D eigenvalue weighted by Crippen LogP contribution is 2.35. The lowest BCUT2D eigenvalue weighted by Gasteiger charge is -2.35. The second-order valence-electron chi connectivity index (χ2n) is 6.23. The third-order valence-corrected chi connectivity index (χ3v) is 6.68. The molecule has 12 heteroatoms. The summed E-state index contributed by atoms with van der Waals surface area (Å²) in [5.74, 6) is -2.46. The number of imidazole rings is 1. The highest BCUT2D eigenvalue weighted by Gasteiger charge is 2.41. The number of anilines is 1. The maximum Gasteiger partial charge on any atom is 0.280 e.